The summed E-state index contributed by atoms with van der Waals surface area (Å²) in [6.07, 6.45) is 0. The second-order valence-electron chi connectivity index (χ2n) is 15.2. The number of para-hydroxylation sites is 1. The van der Waals surface area contributed by atoms with Gasteiger partial charge in [-0.2, -0.15) is 0 Å². The minimum atomic E-state index is 0.637. The van der Waals surface area contributed by atoms with E-state index in [1.807, 2.05) is 22.7 Å². The summed E-state index contributed by atoms with van der Waals surface area (Å²) >= 11 is 3.66. The third-order valence-electron chi connectivity index (χ3n) is 11.8. The lowest BCUT2D eigenvalue weighted by Crippen LogP contribution is -2.02. The van der Waals surface area contributed by atoms with Gasteiger partial charge in [-0.25, -0.2) is 15.0 Å². The lowest BCUT2D eigenvalue weighted by molar-refractivity contribution is 1.08. The van der Waals surface area contributed by atoms with Crippen molar-refractivity contribution in [2.24, 2.45) is 0 Å². The minimum Gasteiger partial charge on any atom is -0.308 e. The highest BCUT2D eigenvalue weighted by Gasteiger charge is 2.21. The summed E-state index contributed by atoms with van der Waals surface area (Å²) in [5.74, 6) is 1.94. The maximum atomic E-state index is 5.39. The topological polar surface area (TPSA) is 43.6 Å². The number of hydrogen-bond acceptors (Lipinski definition) is 5. The Morgan fingerprint density at radius 3 is 1.76 bits per heavy atom. The summed E-state index contributed by atoms with van der Waals surface area (Å²) in [4.78, 5) is 16.1. The summed E-state index contributed by atoms with van der Waals surface area (Å²) < 4.78 is 7.45. The van der Waals surface area contributed by atoms with Gasteiger partial charge in [-0.1, -0.05) is 121 Å². The standard InChI is InChI=1S/C53H30N4S2/c1-2-14-33-29-45-41(26-32(33)13-1)37-17-5-8-21-44(37)57(45)46-30-35(28-43-39-19-7-10-23-48(39)59-50(43)46)52-54-51(34-24-25-49-42(27-34)38-18-6-9-22-47(38)58-49)55-53(56-52)40-20-11-15-31-12-3-4-16-36(31)40/h1-30H. The highest BCUT2D eigenvalue weighted by molar-refractivity contribution is 7.26. The molecule has 0 saturated carbocycles. The Bertz CT molecular complexity index is 3870. The van der Waals surface area contributed by atoms with E-state index >= 15 is 0 Å². The molecule has 9 aromatic carbocycles. The van der Waals surface area contributed by atoms with Crippen molar-refractivity contribution < 1.29 is 0 Å². The minimum absolute atomic E-state index is 0.637. The molecule has 4 nitrogen and oxygen atoms in total. The van der Waals surface area contributed by atoms with E-state index in [0.29, 0.717) is 17.5 Å². The van der Waals surface area contributed by atoms with Gasteiger partial charge in [0.1, 0.15) is 0 Å². The van der Waals surface area contributed by atoms with Crippen LogP contribution in [0.5, 0.6) is 0 Å². The highest BCUT2D eigenvalue weighted by Crippen LogP contribution is 2.44. The van der Waals surface area contributed by atoms with E-state index in [9.17, 15) is 0 Å². The smallest absolute Gasteiger partial charge is 0.164 e. The van der Waals surface area contributed by atoms with Crippen molar-refractivity contribution >= 4 is 106 Å². The van der Waals surface area contributed by atoms with Gasteiger partial charge in [0.15, 0.2) is 17.5 Å². The van der Waals surface area contributed by atoms with E-state index in [1.165, 1.54) is 67.4 Å². The monoisotopic (exact) mass is 786 g/mol. The van der Waals surface area contributed by atoms with Crippen LogP contribution < -0.4 is 0 Å². The summed E-state index contributed by atoms with van der Waals surface area (Å²) in [6.45, 7) is 0. The number of hydrogen-bond donors (Lipinski definition) is 0. The fourth-order valence-corrected chi connectivity index (χ4v) is 11.3. The average Bonchev–Trinajstić information content (AvgIpc) is 3.97. The summed E-state index contributed by atoms with van der Waals surface area (Å²) in [5, 5.41) is 12.0. The van der Waals surface area contributed by atoms with Gasteiger partial charge in [0.2, 0.25) is 0 Å². The normalized spacial score (nSPS) is 12.1. The molecule has 6 heteroatoms. The van der Waals surface area contributed by atoms with Crippen LogP contribution in [0.3, 0.4) is 0 Å². The SMILES string of the molecule is c1ccc2cc3c(cc2c1)c1ccccc1n3-c1cc(-c2nc(-c3ccc4sc5ccccc5c4c3)nc(-c3cccc4ccccc34)n2)cc2c1sc1ccccc12. The molecule has 0 fully saturated rings. The molecule has 274 valence electrons. The second-order valence-corrected chi connectivity index (χ2v) is 17.3. The van der Waals surface area contributed by atoms with E-state index in [2.05, 4.69) is 187 Å². The molecule has 0 atom stereocenters. The first kappa shape index (κ1) is 32.8. The van der Waals surface area contributed by atoms with Crippen LogP contribution in [0, 0.1) is 0 Å². The zero-order chi connectivity index (χ0) is 38.6. The van der Waals surface area contributed by atoms with Crippen LogP contribution in [0.4, 0.5) is 0 Å². The molecule has 0 aliphatic heterocycles. The Balaban J connectivity index is 1.13. The summed E-state index contributed by atoms with van der Waals surface area (Å²) in [7, 11) is 0. The Morgan fingerprint density at radius 1 is 0.339 bits per heavy atom. The van der Waals surface area contributed by atoms with E-state index in [1.54, 1.807) is 0 Å². The predicted molar refractivity (Wildman–Crippen MR) is 251 cm³/mol. The van der Waals surface area contributed by atoms with E-state index in [0.717, 1.165) is 38.7 Å². The molecule has 0 saturated heterocycles. The molecule has 0 aliphatic carbocycles. The molecule has 0 spiro atoms. The number of aromatic nitrogens is 4. The van der Waals surface area contributed by atoms with Gasteiger partial charge < -0.3 is 4.57 Å². The van der Waals surface area contributed by atoms with Crippen molar-refractivity contribution in [2.75, 3.05) is 0 Å². The molecule has 4 heterocycles. The molecule has 0 aliphatic rings. The summed E-state index contributed by atoms with van der Waals surface area (Å²) in [5.41, 5.74) is 6.33. The van der Waals surface area contributed by atoms with Gasteiger partial charge in [0, 0.05) is 63.1 Å². The Labute approximate surface area is 345 Å². The zero-order valence-corrected chi connectivity index (χ0v) is 33.1. The van der Waals surface area contributed by atoms with Crippen LogP contribution in [0.25, 0.3) is 124 Å². The van der Waals surface area contributed by atoms with Gasteiger partial charge in [-0.15, -0.1) is 22.7 Å². The van der Waals surface area contributed by atoms with Gasteiger partial charge in [-0.05, 0) is 82.2 Å². The maximum absolute atomic E-state index is 5.39. The van der Waals surface area contributed by atoms with Crippen LogP contribution in [0.15, 0.2) is 182 Å². The first-order chi connectivity index (χ1) is 29.2. The lowest BCUT2D eigenvalue weighted by atomic mass is 10.0. The average molecular weight is 787 g/mol. The van der Waals surface area contributed by atoms with Crippen molar-refractivity contribution in [3.8, 4) is 39.9 Å². The van der Waals surface area contributed by atoms with Crippen molar-refractivity contribution in [3.63, 3.8) is 0 Å². The molecule has 0 amide bonds. The molecular weight excluding hydrogens is 757 g/mol. The molecule has 0 unspecified atom stereocenters. The van der Waals surface area contributed by atoms with E-state index < -0.39 is 0 Å². The van der Waals surface area contributed by atoms with Crippen molar-refractivity contribution in [3.05, 3.63) is 182 Å². The fourth-order valence-electron chi connectivity index (χ4n) is 9.06. The second kappa shape index (κ2) is 12.6. The highest BCUT2D eigenvalue weighted by atomic mass is 32.1. The molecule has 4 aromatic heterocycles. The number of nitrogens with zero attached hydrogens (tertiary/aromatic N) is 4. The molecular formula is C53H30N4S2. The maximum Gasteiger partial charge on any atom is 0.164 e. The van der Waals surface area contributed by atoms with Crippen LogP contribution in [0.2, 0.25) is 0 Å². The molecule has 0 N–H and O–H groups in total. The van der Waals surface area contributed by atoms with Crippen LogP contribution in [-0.4, -0.2) is 19.5 Å². The van der Waals surface area contributed by atoms with E-state index in [-0.39, 0.29) is 0 Å². The molecule has 59 heavy (non-hydrogen) atoms. The van der Waals surface area contributed by atoms with Crippen molar-refractivity contribution in [2.45, 2.75) is 0 Å². The third-order valence-corrected chi connectivity index (χ3v) is 14.2. The quantitative estimate of drug-likeness (QED) is 0.178. The van der Waals surface area contributed by atoms with Crippen LogP contribution in [0.1, 0.15) is 0 Å². The predicted octanol–water partition coefficient (Wildman–Crippen LogP) is 15.0. The Kier molecular flexibility index (Phi) is 7.02. The van der Waals surface area contributed by atoms with E-state index in [4.69, 9.17) is 15.0 Å². The zero-order valence-electron chi connectivity index (χ0n) is 31.4. The fraction of sp³-hybridized carbons (Fsp3) is 0. The molecule has 13 aromatic rings. The largest absolute Gasteiger partial charge is 0.308 e. The van der Waals surface area contributed by atoms with Crippen molar-refractivity contribution in [1.29, 1.82) is 0 Å². The number of thiophene rings is 2. The van der Waals surface area contributed by atoms with Crippen LogP contribution in [-0.2, 0) is 0 Å². The third kappa shape index (κ3) is 5.04. The first-order valence-corrected chi connectivity index (χ1v) is 21.4. The number of fused-ring (bicyclic) bond motifs is 11. The van der Waals surface area contributed by atoms with Crippen molar-refractivity contribution in [1.82, 2.24) is 19.5 Å². The molecule has 0 radical (unpaired) electrons. The van der Waals surface area contributed by atoms with Crippen LogP contribution >= 0.6 is 22.7 Å². The summed E-state index contributed by atoms with van der Waals surface area (Å²) in [6, 6.07) is 65.5. The molecule has 0 bridgehead atoms. The van der Waals surface area contributed by atoms with Gasteiger partial charge >= 0.3 is 0 Å². The molecule has 13 rings (SSSR count). The lowest BCUT2D eigenvalue weighted by Gasteiger charge is -2.14. The number of rotatable bonds is 4. The Hall–Kier alpha value is -7.25. The number of benzene rings is 9. The Morgan fingerprint density at radius 2 is 0.932 bits per heavy atom. The van der Waals surface area contributed by atoms with Gasteiger partial charge in [-0.3, -0.25) is 0 Å². The first-order valence-electron chi connectivity index (χ1n) is 19.8. The van der Waals surface area contributed by atoms with Gasteiger partial charge in [0.25, 0.3) is 0 Å². The van der Waals surface area contributed by atoms with Gasteiger partial charge in [0.05, 0.1) is 21.4 Å².